The SMILES string of the molecule is CCOC(=O)c1cccc(-c2ccc(/C=c3/sc4n(c3=O)[C@H](c3ccc(C)c(OC)c3)C(C(=O)OC)=C(C)N=4)o2)c1. The number of ether oxygens (including phenoxy) is 3. The van der Waals surface area contributed by atoms with Gasteiger partial charge in [0.05, 0.1) is 48.2 Å². The van der Waals surface area contributed by atoms with Gasteiger partial charge in [-0.3, -0.25) is 9.36 Å². The molecule has 0 aliphatic carbocycles. The number of methoxy groups -OCH3 is 2. The van der Waals surface area contributed by atoms with Crippen LogP contribution in [0, 0.1) is 6.92 Å². The molecule has 0 fully saturated rings. The summed E-state index contributed by atoms with van der Waals surface area (Å²) in [7, 11) is 2.88. The third kappa shape index (κ3) is 5.26. The Kier molecular flexibility index (Phi) is 7.76. The number of allylic oxidation sites excluding steroid dienone is 1. The van der Waals surface area contributed by atoms with Gasteiger partial charge in [-0.15, -0.1) is 0 Å². The van der Waals surface area contributed by atoms with Gasteiger partial charge in [-0.1, -0.05) is 35.6 Å². The molecule has 0 amide bonds. The summed E-state index contributed by atoms with van der Waals surface area (Å²) < 4.78 is 23.6. The minimum absolute atomic E-state index is 0.277. The zero-order valence-corrected chi connectivity index (χ0v) is 24.0. The van der Waals surface area contributed by atoms with E-state index in [9.17, 15) is 14.4 Å². The number of esters is 2. The van der Waals surface area contributed by atoms with E-state index in [0.29, 0.717) is 49.0 Å². The van der Waals surface area contributed by atoms with Gasteiger partial charge in [-0.2, -0.15) is 0 Å². The number of nitrogens with zero attached hydrogens (tertiary/aromatic N) is 2. The Morgan fingerprint density at radius 1 is 1.07 bits per heavy atom. The number of hydrogen-bond donors (Lipinski definition) is 0. The van der Waals surface area contributed by atoms with Crippen molar-refractivity contribution in [3.05, 3.63) is 108 Å². The number of hydrogen-bond acceptors (Lipinski definition) is 9. The van der Waals surface area contributed by atoms with Gasteiger partial charge < -0.3 is 18.6 Å². The lowest BCUT2D eigenvalue weighted by atomic mass is 9.95. The highest BCUT2D eigenvalue weighted by atomic mass is 32.1. The number of carbonyl (C=O) groups excluding carboxylic acids is 2. The largest absolute Gasteiger partial charge is 0.496 e. The number of aryl methyl sites for hydroxylation is 1. The quantitative estimate of drug-likeness (QED) is 0.306. The monoisotopic (exact) mass is 572 g/mol. The fourth-order valence-electron chi connectivity index (χ4n) is 4.74. The molecule has 10 heteroatoms. The number of carbonyl (C=O) groups is 2. The van der Waals surface area contributed by atoms with Gasteiger partial charge >= 0.3 is 11.9 Å². The molecule has 3 heterocycles. The van der Waals surface area contributed by atoms with Crippen molar-refractivity contribution in [1.29, 1.82) is 0 Å². The molecule has 0 unspecified atom stereocenters. The normalized spacial score (nSPS) is 14.9. The van der Waals surface area contributed by atoms with Crippen molar-refractivity contribution in [3.63, 3.8) is 0 Å². The summed E-state index contributed by atoms with van der Waals surface area (Å²) in [4.78, 5) is 43.9. The molecule has 210 valence electrons. The second kappa shape index (κ2) is 11.4. The maximum atomic E-state index is 13.8. The summed E-state index contributed by atoms with van der Waals surface area (Å²) in [5.41, 5.74) is 3.15. The number of rotatable bonds is 7. The molecule has 1 aliphatic rings. The summed E-state index contributed by atoms with van der Waals surface area (Å²) in [6.45, 7) is 5.68. The maximum absolute atomic E-state index is 13.8. The average Bonchev–Trinajstić information content (AvgIpc) is 3.56. The molecule has 9 nitrogen and oxygen atoms in total. The van der Waals surface area contributed by atoms with Gasteiger partial charge in [0, 0.05) is 11.6 Å². The Balaban J connectivity index is 1.60. The molecule has 4 aromatic rings. The Hall–Kier alpha value is -4.70. The standard InChI is InChI=1S/C31H28N2O7S/c1-6-39-29(35)21-9-7-8-19(14-21)23-13-12-22(40-23)16-25-28(34)33-27(20-11-10-17(2)24(15-20)37-4)26(30(36)38-5)18(3)32-31(33)41-25/h7-16,27H,6H2,1-5H3/b25-16+/t27-/m1/s1. The minimum atomic E-state index is -0.756. The topological polar surface area (TPSA) is 109 Å². The molecular formula is C31H28N2O7S. The summed E-state index contributed by atoms with van der Waals surface area (Å²) in [5, 5.41) is 0. The molecule has 2 aromatic carbocycles. The number of fused-ring (bicyclic) bond motifs is 1. The summed E-state index contributed by atoms with van der Waals surface area (Å²) >= 11 is 1.20. The van der Waals surface area contributed by atoms with Crippen molar-refractivity contribution in [2.45, 2.75) is 26.8 Å². The maximum Gasteiger partial charge on any atom is 0.338 e. The molecular weight excluding hydrogens is 544 g/mol. The van der Waals surface area contributed by atoms with Crippen molar-refractivity contribution in [1.82, 2.24) is 4.57 Å². The van der Waals surface area contributed by atoms with Crippen LogP contribution in [0.25, 0.3) is 17.4 Å². The van der Waals surface area contributed by atoms with Crippen LogP contribution in [0.15, 0.2) is 80.1 Å². The van der Waals surface area contributed by atoms with Gasteiger partial charge in [-0.25, -0.2) is 14.6 Å². The summed E-state index contributed by atoms with van der Waals surface area (Å²) in [5.74, 6) is 0.641. The summed E-state index contributed by atoms with van der Waals surface area (Å²) in [6.07, 6.45) is 1.65. The molecule has 0 spiro atoms. The molecule has 0 bridgehead atoms. The molecule has 5 rings (SSSR count). The van der Waals surface area contributed by atoms with Gasteiger partial charge in [0.15, 0.2) is 4.80 Å². The lowest BCUT2D eigenvalue weighted by molar-refractivity contribution is -0.136. The minimum Gasteiger partial charge on any atom is -0.496 e. The van der Waals surface area contributed by atoms with Crippen LogP contribution in [-0.2, 0) is 14.3 Å². The predicted octanol–water partition coefficient (Wildman–Crippen LogP) is 4.16. The fourth-order valence-corrected chi connectivity index (χ4v) is 5.77. The lowest BCUT2D eigenvalue weighted by Crippen LogP contribution is -2.39. The van der Waals surface area contributed by atoms with E-state index in [2.05, 4.69) is 4.99 Å². The molecule has 0 saturated carbocycles. The van der Waals surface area contributed by atoms with E-state index >= 15 is 0 Å². The van der Waals surface area contributed by atoms with E-state index in [0.717, 1.165) is 5.56 Å². The molecule has 1 atom stereocenters. The molecule has 2 aromatic heterocycles. The molecule has 41 heavy (non-hydrogen) atoms. The number of furan rings is 1. The number of thiazole rings is 1. The van der Waals surface area contributed by atoms with Crippen LogP contribution in [0.4, 0.5) is 0 Å². The number of aromatic nitrogens is 1. The van der Waals surface area contributed by atoms with Crippen molar-refractivity contribution < 1.29 is 28.2 Å². The van der Waals surface area contributed by atoms with Crippen LogP contribution in [0.3, 0.4) is 0 Å². The Labute approximate surface area is 239 Å². The van der Waals surface area contributed by atoms with E-state index in [1.54, 1.807) is 57.4 Å². The first-order valence-corrected chi connectivity index (χ1v) is 13.7. The van der Waals surface area contributed by atoms with Gasteiger partial charge in [-0.05, 0) is 62.2 Å². The van der Waals surface area contributed by atoms with E-state index in [-0.39, 0.29) is 17.7 Å². The zero-order chi connectivity index (χ0) is 29.3. The highest BCUT2D eigenvalue weighted by Gasteiger charge is 2.33. The first-order valence-electron chi connectivity index (χ1n) is 12.9. The first kappa shape index (κ1) is 27.9. The van der Waals surface area contributed by atoms with Crippen LogP contribution < -0.4 is 19.6 Å². The van der Waals surface area contributed by atoms with Crippen LogP contribution in [0.5, 0.6) is 5.75 Å². The highest BCUT2D eigenvalue weighted by Crippen LogP contribution is 2.33. The lowest BCUT2D eigenvalue weighted by Gasteiger charge is -2.25. The first-order chi connectivity index (χ1) is 19.7. The van der Waals surface area contributed by atoms with E-state index < -0.39 is 18.0 Å². The smallest absolute Gasteiger partial charge is 0.338 e. The predicted molar refractivity (Wildman–Crippen MR) is 154 cm³/mol. The van der Waals surface area contributed by atoms with Crippen molar-refractivity contribution >= 4 is 29.4 Å². The highest BCUT2D eigenvalue weighted by molar-refractivity contribution is 7.07. The van der Waals surface area contributed by atoms with Crippen LogP contribution in [-0.4, -0.2) is 37.3 Å². The van der Waals surface area contributed by atoms with E-state index in [4.69, 9.17) is 18.6 Å². The van der Waals surface area contributed by atoms with Crippen molar-refractivity contribution in [3.8, 4) is 17.1 Å². The molecule has 0 saturated heterocycles. The zero-order valence-electron chi connectivity index (χ0n) is 23.2. The van der Waals surface area contributed by atoms with Gasteiger partial charge in [0.1, 0.15) is 17.3 Å². The Morgan fingerprint density at radius 3 is 2.61 bits per heavy atom. The average molecular weight is 573 g/mol. The molecule has 0 N–H and O–H groups in total. The Morgan fingerprint density at radius 2 is 1.88 bits per heavy atom. The Bertz CT molecular complexity index is 1880. The summed E-state index contributed by atoms with van der Waals surface area (Å²) in [6, 6.07) is 15.3. The van der Waals surface area contributed by atoms with Crippen LogP contribution >= 0.6 is 11.3 Å². The second-order valence-corrected chi connectivity index (χ2v) is 10.3. The molecule has 0 radical (unpaired) electrons. The number of benzene rings is 2. The van der Waals surface area contributed by atoms with Gasteiger partial charge in [0.25, 0.3) is 5.56 Å². The van der Waals surface area contributed by atoms with Crippen molar-refractivity contribution in [2.24, 2.45) is 4.99 Å². The molecule has 1 aliphatic heterocycles. The van der Waals surface area contributed by atoms with Gasteiger partial charge in [0.2, 0.25) is 0 Å². The fraction of sp³-hybridized carbons (Fsp3) is 0.226. The third-order valence-electron chi connectivity index (χ3n) is 6.73. The van der Waals surface area contributed by atoms with E-state index in [1.165, 1.54) is 23.0 Å². The van der Waals surface area contributed by atoms with Crippen molar-refractivity contribution in [2.75, 3.05) is 20.8 Å². The second-order valence-electron chi connectivity index (χ2n) is 9.31. The van der Waals surface area contributed by atoms with Crippen LogP contribution in [0.1, 0.15) is 47.1 Å². The third-order valence-corrected chi connectivity index (χ3v) is 7.72. The van der Waals surface area contributed by atoms with Crippen LogP contribution in [0.2, 0.25) is 0 Å². The van der Waals surface area contributed by atoms with E-state index in [1.807, 2.05) is 31.2 Å².